The second kappa shape index (κ2) is 6.45. The fourth-order valence-electron chi connectivity index (χ4n) is 2.47. The molecule has 3 rings (SSSR count). The summed E-state index contributed by atoms with van der Waals surface area (Å²) in [5, 5.41) is 5.05. The molecule has 0 atom stereocenters. The molecule has 7 heteroatoms. The van der Waals surface area contributed by atoms with E-state index in [-0.39, 0.29) is 5.56 Å². The minimum absolute atomic E-state index is 0.166. The number of aryl methyl sites for hydroxylation is 1. The number of rotatable bonds is 5. The summed E-state index contributed by atoms with van der Waals surface area (Å²) in [6, 6.07) is 7.27. The fourth-order valence-corrected chi connectivity index (χ4v) is 3.30. The zero-order valence-corrected chi connectivity index (χ0v) is 14.0. The lowest BCUT2D eigenvalue weighted by Crippen LogP contribution is -2.10. The molecular weight excluding hydrogens is 310 g/mol. The standard InChI is InChI=1S/C16H19N5OS/c1-3-8-23-9-12-13(14(17)21(2)20-12)15-18-11-7-5-4-6-10(11)16(22)19-15/h4-7H,3,8-9,17H2,1-2H3,(H,18,19,22). The van der Waals surface area contributed by atoms with Crippen LogP contribution >= 0.6 is 11.8 Å². The van der Waals surface area contributed by atoms with E-state index in [1.54, 1.807) is 29.6 Å². The van der Waals surface area contributed by atoms with Crippen molar-refractivity contribution in [2.45, 2.75) is 19.1 Å². The molecule has 0 bridgehead atoms. The van der Waals surface area contributed by atoms with Gasteiger partial charge in [-0.3, -0.25) is 9.48 Å². The molecule has 0 saturated carbocycles. The lowest BCUT2D eigenvalue weighted by molar-refractivity contribution is 0.765. The summed E-state index contributed by atoms with van der Waals surface area (Å²) in [5.74, 6) is 2.78. The van der Waals surface area contributed by atoms with Gasteiger partial charge in [-0.2, -0.15) is 16.9 Å². The number of nitrogens with one attached hydrogen (secondary N) is 1. The van der Waals surface area contributed by atoms with Gasteiger partial charge in [0, 0.05) is 12.8 Å². The van der Waals surface area contributed by atoms with E-state index in [0.717, 1.165) is 29.2 Å². The Bertz CT molecular complexity index is 899. The molecule has 23 heavy (non-hydrogen) atoms. The van der Waals surface area contributed by atoms with Crippen molar-refractivity contribution in [3.8, 4) is 11.4 Å². The van der Waals surface area contributed by atoms with Gasteiger partial charge < -0.3 is 10.7 Å². The summed E-state index contributed by atoms with van der Waals surface area (Å²) in [6.07, 6.45) is 1.10. The summed E-state index contributed by atoms with van der Waals surface area (Å²) < 4.78 is 1.63. The Morgan fingerprint density at radius 2 is 2.13 bits per heavy atom. The van der Waals surface area contributed by atoms with Crippen molar-refractivity contribution >= 4 is 28.5 Å². The highest BCUT2D eigenvalue weighted by Crippen LogP contribution is 2.29. The van der Waals surface area contributed by atoms with Crippen LogP contribution in [0.3, 0.4) is 0 Å². The van der Waals surface area contributed by atoms with E-state index in [9.17, 15) is 4.79 Å². The molecule has 2 heterocycles. The topological polar surface area (TPSA) is 89.6 Å². The van der Waals surface area contributed by atoms with Crippen LogP contribution in [0.15, 0.2) is 29.1 Å². The van der Waals surface area contributed by atoms with E-state index in [0.29, 0.717) is 22.5 Å². The molecule has 0 amide bonds. The Labute approximate surface area is 138 Å². The molecule has 0 unspecified atom stereocenters. The monoisotopic (exact) mass is 329 g/mol. The molecule has 0 spiro atoms. The average Bonchev–Trinajstić information content (AvgIpc) is 2.82. The van der Waals surface area contributed by atoms with Crippen molar-refractivity contribution in [1.82, 2.24) is 19.7 Å². The highest BCUT2D eigenvalue weighted by atomic mass is 32.2. The van der Waals surface area contributed by atoms with Crippen molar-refractivity contribution in [3.63, 3.8) is 0 Å². The van der Waals surface area contributed by atoms with Gasteiger partial charge in [-0.25, -0.2) is 4.98 Å². The molecule has 1 aromatic carbocycles. The van der Waals surface area contributed by atoms with Crippen LogP contribution in [0.1, 0.15) is 19.0 Å². The van der Waals surface area contributed by atoms with Crippen LogP contribution in [0.2, 0.25) is 0 Å². The van der Waals surface area contributed by atoms with Crippen molar-refractivity contribution in [1.29, 1.82) is 0 Å². The van der Waals surface area contributed by atoms with Gasteiger partial charge in [0.15, 0.2) is 0 Å². The smallest absolute Gasteiger partial charge is 0.259 e. The second-order valence-electron chi connectivity index (χ2n) is 5.31. The number of aromatic amines is 1. The van der Waals surface area contributed by atoms with Gasteiger partial charge in [0.05, 0.1) is 22.2 Å². The Morgan fingerprint density at radius 1 is 1.35 bits per heavy atom. The first-order chi connectivity index (χ1) is 11.1. The number of anilines is 1. The first-order valence-corrected chi connectivity index (χ1v) is 8.65. The van der Waals surface area contributed by atoms with Gasteiger partial charge >= 0.3 is 0 Å². The van der Waals surface area contributed by atoms with E-state index in [2.05, 4.69) is 22.0 Å². The number of fused-ring (bicyclic) bond motifs is 1. The zero-order valence-electron chi connectivity index (χ0n) is 13.2. The van der Waals surface area contributed by atoms with Crippen molar-refractivity contribution in [3.05, 3.63) is 40.3 Å². The zero-order chi connectivity index (χ0) is 16.4. The van der Waals surface area contributed by atoms with E-state index >= 15 is 0 Å². The highest BCUT2D eigenvalue weighted by Gasteiger charge is 2.18. The number of nitrogens with two attached hydrogens (primary N) is 1. The van der Waals surface area contributed by atoms with E-state index in [4.69, 9.17) is 5.73 Å². The van der Waals surface area contributed by atoms with E-state index in [1.165, 1.54) is 0 Å². The number of hydrogen-bond acceptors (Lipinski definition) is 5. The van der Waals surface area contributed by atoms with Gasteiger partial charge in [-0.1, -0.05) is 19.1 Å². The molecule has 6 nitrogen and oxygen atoms in total. The number of hydrogen-bond donors (Lipinski definition) is 2. The SMILES string of the molecule is CCCSCc1nn(C)c(N)c1-c1nc2ccccc2c(=O)[nH]1. The van der Waals surface area contributed by atoms with Gasteiger partial charge in [0.1, 0.15) is 11.6 Å². The van der Waals surface area contributed by atoms with Crippen LogP contribution in [0.5, 0.6) is 0 Å². The molecule has 0 radical (unpaired) electrons. The van der Waals surface area contributed by atoms with Crippen molar-refractivity contribution in [2.24, 2.45) is 7.05 Å². The van der Waals surface area contributed by atoms with Gasteiger partial charge in [0.25, 0.3) is 5.56 Å². The van der Waals surface area contributed by atoms with Crippen LogP contribution in [-0.2, 0) is 12.8 Å². The van der Waals surface area contributed by atoms with Crippen LogP contribution in [0.25, 0.3) is 22.3 Å². The molecule has 120 valence electrons. The summed E-state index contributed by atoms with van der Waals surface area (Å²) in [5.41, 5.74) is 8.22. The van der Waals surface area contributed by atoms with Crippen molar-refractivity contribution in [2.75, 3.05) is 11.5 Å². The number of nitrogen functional groups attached to an aromatic ring is 1. The second-order valence-corrected chi connectivity index (χ2v) is 6.42. The van der Waals surface area contributed by atoms with Crippen LogP contribution in [-0.4, -0.2) is 25.5 Å². The Morgan fingerprint density at radius 3 is 2.91 bits per heavy atom. The number of aromatic nitrogens is 4. The maximum atomic E-state index is 12.3. The predicted octanol–water partition coefficient (Wildman–Crippen LogP) is 2.55. The fraction of sp³-hybridized carbons (Fsp3) is 0.312. The van der Waals surface area contributed by atoms with Crippen molar-refractivity contribution < 1.29 is 0 Å². The summed E-state index contributed by atoms with van der Waals surface area (Å²) >= 11 is 1.79. The van der Waals surface area contributed by atoms with E-state index < -0.39 is 0 Å². The number of nitrogens with zero attached hydrogens (tertiary/aromatic N) is 3. The first kappa shape index (κ1) is 15.6. The number of H-pyrrole nitrogens is 1. The third-order valence-corrected chi connectivity index (χ3v) is 4.78. The van der Waals surface area contributed by atoms with Gasteiger partial charge in [-0.05, 0) is 24.3 Å². The minimum Gasteiger partial charge on any atom is -0.383 e. The molecular formula is C16H19N5OS. The quantitative estimate of drug-likeness (QED) is 0.702. The largest absolute Gasteiger partial charge is 0.383 e. The number of benzene rings is 1. The maximum absolute atomic E-state index is 12.3. The van der Waals surface area contributed by atoms with Crippen LogP contribution < -0.4 is 11.3 Å². The maximum Gasteiger partial charge on any atom is 0.259 e. The molecule has 2 aromatic heterocycles. The lowest BCUT2D eigenvalue weighted by atomic mass is 10.2. The molecule has 0 fully saturated rings. The van der Waals surface area contributed by atoms with Gasteiger partial charge in [0.2, 0.25) is 0 Å². The lowest BCUT2D eigenvalue weighted by Gasteiger charge is -2.05. The molecule has 0 aliphatic rings. The third kappa shape index (κ3) is 2.96. The van der Waals surface area contributed by atoms with Crippen LogP contribution in [0.4, 0.5) is 5.82 Å². The van der Waals surface area contributed by atoms with Crippen LogP contribution in [0, 0.1) is 0 Å². The molecule has 3 aromatic rings. The molecule has 3 N–H and O–H groups in total. The normalized spacial score (nSPS) is 11.2. The Hall–Kier alpha value is -2.28. The Balaban J connectivity index is 2.12. The molecule has 0 aliphatic heterocycles. The highest BCUT2D eigenvalue weighted by molar-refractivity contribution is 7.98. The minimum atomic E-state index is -0.166. The summed E-state index contributed by atoms with van der Waals surface area (Å²) in [4.78, 5) is 19.7. The Kier molecular flexibility index (Phi) is 4.38. The average molecular weight is 329 g/mol. The summed E-state index contributed by atoms with van der Waals surface area (Å²) in [6.45, 7) is 2.14. The molecule has 0 aliphatic carbocycles. The summed E-state index contributed by atoms with van der Waals surface area (Å²) in [7, 11) is 1.80. The molecule has 0 saturated heterocycles. The van der Waals surface area contributed by atoms with E-state index in [1.807, 2.05) is 18.2 Å². The first-order valence-electron chi connectivity index (χ1n) is 7.50. The third-order valence-electron chi connectivity index (χ3n) is 3.60. The number of para-hydroxylation sites is 1. The number of thioether (sulfide) groups is 1. The van der Waals surface area contributed by atoms with Gasteiger partial charge in [-0.15, -0.1) is 0 Å². The predicted molar refractivity (Wildman–Crippen MR) is 95.4 cm³/mol.